The molecule has 5 heteroatoms. The third-order valence-corrected chi connectivity index (χ3v) is 5.11. The van der Waals surface area contributed by atoms with Gasteiger partial charge in [-0.25, -0.2) is 13.1 Å². The van der Waals surface area contributed by atoms with Gasteiger partial charge in [-0.1, -0.05) is 33.6 Å². The molecule has 0 bridgehead atoms. The zero-order chi connectivity index (χ0) is 16.0. The molecule has 1 aromatic carbocycles. The van der Waals surface area contributed by atoms with Gasteiger partial charge in [0.15, 0.2) is 0 Å². The van der Waals surface area contributed by atoms with Crippen molar-refractivity contribution in [1.29, 1.82) is 0 Å². The Hall–Kier alpha value is -1.07. The Morgan fingerprint density at radius 3 is 2.43 bits per heavy atom. The molecule has 0 unspecified atom stereocenters. The summed E-state index contributed by atoms with van der Waals surface area (Å²) in [7, 11) is -1.85. The number of nitrogens with one attached hydrogen (secondary N) is 1. The second-order valence-corrected chi connectivity index (χ2v) is 7.35. The van der Waals surface area contributed by atoms with Crippen LogP contribution in [0.15, 0.2) is 17.0 Å². The van der Waals surface area contributed by atoms with Crippen LogP contribution >= 0.6 is 0 Å². The molecule has 1 rings (SSSR count). The molecule has 0 spiro atoms. The minimum absolute atomic E-state index is 0.203. The van der Waals surface area contributed by atoms with Crippen molar-refractivity contribution in [3.63, 3.8) is 0 Å². The van der Waals surface area contributed by atoms with Crippen LogP contribution in [0, 0.1) is 6.92 Å². The molecule has 0 saturated heterocycles. The van der Waals surface area contributed by atoms with E-state index in [-0.39, 0.29) is 5.92 Å². The number of rotatable bonds is 8. The summed E-state index contributed by atoms with van der Waals surface area (Å²) < 4.78 is 32.9. The van der Waals surface area contributed by atoms with Crippen LogP contribution in [0.1, 0.15) is 57.1 Å². The Bertz CT molecular complexity index is 565. The molecule has 0 amide bonds. The minimum atomic E-state index is -3.46. The molecule has 0 saturated carbocycles. The van der Waals surface area contributed by atoms with Crippen LogP contribution in [-0.4, -0.2) is 22.1 Å². The second-order valence-electron chi connectivity index (χ2n) is 5.62. The van der Waals surface area contributed by atoms with Crippen molar-refractivity contribution in [2.75, 3.05) is 13.7 Å². The molecule has 4 nitrogen and oxygen atoms in total. The number of benzene rings is 1. The third kappa shape index (κ3) is 4.71. The van der Waals surface area contributed by atoms with Crippen molar-refractivity contribution in [3.05, 3.63) is 23.3 Å². The summed E-state index contributed by atoms with van der Waals surface area (Å²) in [4.78, 5) is 0.350. The maximum absolute atomic E-state index is 12.4. The molecule has 0 aliphatic carbocycles. The number of unbranched alkanes of at least 4 members (excludes halogenated alkanes) is 2. The molecule has 120 valence electrons. The standard InChI is InChI=1S/C16H27NO3S/c1-6-7-8-9-17-21(18,19)16-11-14(12(2)3)15(20-5)10-13(16)4/h10-12,17H,6-9H2,1-5H3. The lowest BCUT2D eigenvalue weighted by Crippen LogP contribution is -2.25. The Morgan fingerprint density at radius 2 is 1.90 bits per heavy atom. The van der Waals surface area contributed by atoms with E-state index < -0.39 is 10.0 Å². The first-order valence-electron chi connectivity index (χ1n) is 7.51. The Balaban J connectivity index is 3.08. The largest absolute Gasteiger partial charge is 0.496 e. The molecule has 0 radical (unpaired) electrons. The summed E-state index contributed by atoms with van der Waals surface area (Å²) >= 11 is 0. The number of aryl methyl sites for hydroxylation is 1. The third-order valence-electron chi connectivity index (χ3n) is 3.51. The van der Waals surface area contributed by atoms with E-state index >= 15 is 0 Å². The van der Waals surface area contributed by atoms with Gasteiger partial charge in [-0.05, 0) is 42.5 Å². The Morgan fingerprint density at radius 1 is 1.24 bits per heavy atom. The molecule has 1 aromatic rings. The fraction of sp³-hybridized carbons (Fsp3) is 0.625. The summed E-state index contributed by atoms with van der Waals surface area (Å²) in [5.41, 5.74) is 1.62. The predicted octanol–water partition coefficient (Wildman–Crippen LogP) is 3.60. The second kappa shape index (κ2) is 7.80. The smallest absolute Gasteiger partial charge is 0.240 e. The molecule has 0 aromatic heterocycles. The molecule has 1 N–H and O–H groups in total. The van der Waals surface area contributed by atoms with Gasteiger partial charge in [0.1, 0.15) is 5.75 Å². The first kappa shape index (κ1) is 18.0. The van der Waals surface area contributed by atoms with Gasteiger partial charge in [0.05, 0.1) is 12.0 Å². The predicted molar refractivity (Wildman–Crippen MR) is 86.5 cm³/mol. The van der Waals surface area contributed by atoms with Crippen molar-refractivity contribution < 1.29 is 13.2 Å². The Kier molecular flexibility index (Phi) is 6.68. The highest BCUT2D eigenvalue weighted by atomic mass is 32.2. The molecular weight excluding hydrogens is 286 g/mol. The summed E-state index contributed by atoms with van der Waals surface area (Å²) in [6.45, 7) is 8.43. The van der Waals surface area contributed by atoms with Gasteiger partial charge >= 0.3 is 0 Å². The van der Waals surface area contributed by atoms with E-state index in [9.17, 15) is 8.42 Å². The van der Waals surface area contributed by atoms with Crippen molar-refractivity contribution in [1.82, 2.24) is 4.72 Å². The maximum Gasteiger partial charge on any atom is 0.240 e. The molecule has 0 aliphatic rings. The topological polar surface area (TPSA) is 55.4 Å². The van der Waals surface area contributed by atoms with E-state index in [0.717, 1.165) is 30.6 Å². The van der Waals surface area contributed by atoms with Crippen LogP contribution in [-0.2, 0) is 10.0 Å². The number of ether oxygens (including phenoxy) is 1. The lowest BCUT2D eigenvalue weighted by molar-refractivity contribution is 0.406. The molecule has 0 heterocycles. The molecule has 0 aliphatic heterocycles. The lowest BCUT2D eigenvalue weighted by atomic mass is 10.0. The van der Waals surface area contributed by atoms with Crippen LogP contribution in [0.25, 0.3) is 0 Å². The van der Waals surface area contributed by atoms with Crippen LogP contribution in [0.3, 0.4) is 0 Å². The molecular formula is C16H27NO3S. The average Bonchev–Trinajstić information content (AvgIpc) is 2.42. The molecule has 21 heavy (non-hydrogen) atoms. The van der Waals surface area contributed by atoms with Gasteiger partial charge in [-0.15, -0.1) is 0 Å². The zero-order valence-corrected chi connectivity index (χ0v) is 14.5. The highest BCUT2D eigenvalue weighted by Crippen LogP contribution is 2.31. The summed E-state index contributed by atoms with van der Waals surface area (Å²) in [6.07, 6.45) is 2.96. The monoisotopic (exact) mass is 313 g/mol. The molecule has 0 atom stereocenters. The van der Waals surface area contributed by atoms with Crippen molar-refractivity contribution in [2.24, 2.45) is 0 Å². The van der Waals surface area contributed by atoms with E-state index in [1.807, 2.05) is 13.8 Å². The minimum Gasteiger partial charge on any atom is -0.496 e. The van der Waals surface area contributed by atoms with Crippen molar-refractivity contribution >= 4 is 10.0 Å². The maximum atomic E-state index is 12.4. The lowest BCUT2D eigenvalue weighted by Gasteiger charge is -2.16. The Labute approximate surface area is 129 Å². The number of hydrogen-bond donors (Lipinski definition) is 1. The highest BCUT2D eigenvalue weighted by Gasteiger charge is 2.20. The fourth-order valence-corrected chi connectivity index (χ4v) is 3.59. The van der Waals surface area contributed by atoms with Crippen LogP contribution < -0.4 is 9.46 Å². The summed E-state index contributed by atoms with van der Waals surface area (Å²) in [6, 6.07) is 3.54. The summed E-state index contributed by atoms with van der Waals surface area (Å²) in [5, 5.41) is 0. The average molecular weight is 313 g/mol. The van der Waals surface area contributed by atoms with Crippen LogP contribution in [0.5, 0.6) is 5.75 Å². The van der Waals surface area contributed by atoms with Crippen molar-refractivity contribution in [2.45, 2.75) is 57.8 Å². The van der Waals surface area contributed by atoms with Crippen LogP contribution in [0.2, 0.25) is 0 Å². The van der Waals surface area contributed by atoms with Gasteiger partial charge in [0, 0.05) is 6.54 Å². The van der Waals surface area contributed by atoms with E-state index in [2.05, 4.69) is 11.6 Å². The highest BCUT2D eigenvalue weighted by molar-refractivity contribution is 7.89. The SMILES string of the molecule is CCCCCNS(=O)(=O)c1cc(C(C)C)c(OC)cc1C. The van der Waals surface area contributed by atoms with E-state index in [0.29, 0.717) is 17.0 Å². The summed E-state index contributed by atoms with van der Waals surface area (Å²) in [5.74, 6) is 0.946. The van der Waals surface area contributed by atoms with Gasteiger partial charge < -0.3 is 4.74 Å². The number of methoxy groups -OCH3 is 1. The van der Waals surface area contributed by atoms with E-state index in [4.69, 9.17) is 4.74 Å². The number of sulfonamides is 1. The van der Waals surface area contributed by atoms with E-state index in [1.54, 1.807) is 26.2 Å². The normalized spacial score (nSPS) is 11.9. The first-order valence-corrected chi connectivity index (χ1v) is 9.00. The van der Waals surface area contributed by atoms with Crippen LogP contribution in [0.4, 0.5) is 0 Å². The quantitative estimate of drug-likeness (QED) is 0.746. The van der Waals surface area contributed by atoms with E-state index in [1.165, 1.54) is 0 Å². The zero-order valence-electron chi connectivity index (χ0n) is 13.7. The van der Waals surface area contributed by atoms with Gasteiger partial charge in [0.25, 0.3) is 0 Å². The first-order chi connectivity index (χ1) is 9.83. The van der Waals surface area contributed by atoms with Gasteiger partial charge in [-0.3, -0.25) is 0 Å². The van der Waals surface area contributed by atoms with Gasteiger partial charge in [-0.2, -0.15) is 0 Å². The van der Waals surface area contributed by atoms with Gasteiger partial charge in [0.2, 0.25) is 10.0 Å². The van der Waals surface area contributed by atoms with Crippen molar-refractivity contribution in [3.8, 4) is 5.75 Å². The fourth-order valence-electron chi connectivity index (χ4n) is 2.25. The molecule has 0 fully saturated rings. The number of hydrogen-bond acceptors (Lipinski definition) is 3.